The van der Waals surface area contributed by atoms with E-state index < -0.39 is 0 Å². The number of hydrogen-bond acceptors (Lipinski definition) is 4. The van der Waals surface area contributed by atoms with Crippen LogP contribution in [0.4, 0.5) is 10.7 Å². The molecule has 1 aromatic carbocycles. The first-order valence-corrected chi connectivity index (χ1v) is 10.4. The number of carbonyl (C=O) groups excluding carboxylic acids is 2. The molecule has 0 aliphatic heterocycles. The van der Waals surface area contributed by atoms with Crippen molar-refractivity contribution in [2.75, 3.05) is 10.6 Å². The number of amides is 2. The largest absolute Gasteiger partial charge is 0.321 e. The summed E-state index contributed by atoms with van der Waals surface area (Å²) in [6.07, 6.45) is 1.93. The first kappa shape index (κ1) is 19.0. The van der Waals surface area contributed by atoms with Crippen LogP contribution in [0.1, 0.15) is 48.8 Å². The van der Waals surface area contributed by atoms with Gasteiger partial charge in [-0.2, -0.15) is 0 Å². The lowest BCUT2D eigenvalue weighted by Crippen LogP contribution is -2.12. The third-order valence-electron chi connectivity index (χ3n) is 3.89. The van der Waals surface area contributed by atoms with Gasteiger partial charge in [0.15, 0.2) is 0 Å². The molecule has 3 rings (SSSR count). The van der Waals surface area contributed by atoms with Crippen molar-refractivity contribution in [3.63, 3.8) is 0 Å². The highest BCUT2D eigenvalue weighted by molar-refractivity contribution is 8.00. The average molecular weight is 389 g/mol. The second kappa shape index (κ2) is 7.45. The molecule has 2 aromatic rings. The van der Waals surface area contributed by atoms with Gasteiger partial charge in [-0.1, -0.05) is 20.8 Å². The Morgan fingerprint density at radius 3 is 2.46 bits per heavy atom. The highest BCUT2D eigenvalue weighted by Gasteiger charge is 2.29. The second-order valence-electron chi connectivity index (χ2n) is 7.57. The number of aryl methyl sites for hydroxylation is 1. The summed E-state index contributed by atoms with van der Waals surface area (Å²) in [5.41, 5.74) is 1.84. The molecule has 0 radical (unpaired) electrons. The summed E-state index contributed by atoms with van der Waals surface area (Å²) in [5.74, 6) is 0.0596. The summed E-state index contributed by atoms with van der Waals surface area (Å²) in [4.78, 5) is 26.1. The molecule has 1 aliphatic carbocycles. The Bertz CT molecular complexity index is 833. The molecule has 1 heterocycles. The Morgan fingerprint density at radius 1 is 1.12 bits per heavy atom. The fourth-order valence-electron chi connectivity index (χ4n) is 2.47. The van der Waals surface area contributed by atoms with Crippen LogP contribution in [0, 0.1) is 12.8 Å². The van der Waals surface area contributed by atoms with Crippen LogP contribution in [0.2, 0.25) is 0 Å². The molecule has 0 bridgehead atoms. The zero-order valence-corrected chi connectivity index (χ0v) is 17.1. The molecule has 0 saturated heterocycles. The van der Waals surface area contributed by atoms with Crippen LogP contribution >= 0.6 is 23.1 Å². The van der Waals surface area contributed by atoms with Crippen molar-refractivity contribution in [1.82, 2.24) is 0 Å². The van der Waals surface area contributed by atoms with Crippen LogP contribution in [0.3, 0.4) is 0 Å². The first-order chi connectivity index (χ1) is 12.2. The van der Waals surface area contributed by atoms with E-state index in [1.54, 1.807) is 23.9 Å². The quantitative estimate of drug-likeness (QED) is 0.660. The van der Waals surface area contributed by atoms with Gasteiger partial charge in [0.1, 0.15) is 0 Å². The minimum atomic E-state index is -0.152. The Labute approximate surface area is 162 Å². The predicted molar refractivity (Wildman–Crippen MR) is 110 cm³/mol. The number of nitrogens with one attached hydrogen (secondary N) is 2. The van der Waals surface area contributed by atoms with Crippen LogP contribution in [0.25, 0.3) is 0 Å². The van der Waals surface area contributed by atoms with Crippen molar-refractivity contribution < 1.29 is 9.59 Å². The zero-order valence-electron chi connectivity index (χ0n) is 15.5. The van der Waals surface area contributed by atoms with Crippen LogP contribution in [-0.2, 0) is 4.79 Å². The Hall–Kier alpha value is -1.79. The van der Waals surface area contributed by atoms with Crippen molar-refractivity contribution >= 4 is 45.6 Å². The molecule has 1 saturated carbocycles. The van der Waals surface area contributed by atoms with E-state index in [9.17, 15) is 9.59 Å². The standard InChI is InChI=1S/C20H24N2O2S2/c1-12-11-14(26-20(2,3)4)7-8-15(12)21-19(24)16-9-10-17(25-16)22-18(23)13-5-6-13/h7-11,13H,5-6H2,1-4H3,(H,21,24)(H,22,23). The van der Waals surface area contributed by atoms with Gasteiger partial charge in [0.05, 0.1) is 9.88 Å². The number of anilines is 2. The Morgan fingerprint density at radius 2 is 1.85 bits per heavy atom. The molecule has 0 atom stereocenters. The fourth-order valence-corrected chi connectivity index (χ4v) is 4.36. The lowest BCUT2D eigenvalue weighted by molar-refractivity contribution is -0.117. The number of rotatable bonds is 5. The number of benzene rings is 1. The molecule has 1 aliphatic rings. The maximum atomic E-state index is 12.5. The van der Waals surface area contributed by atoms with E-state index in [0.29, 0.717) is 4.88 Å². The van der Waals surface area contributed by atoms with Gasteiger partial charge in [-0.3, -0.25) is 9.59 Å². The molecule has 0 unspecified atom stereocenters. The lowest BCUT2D eigenvalue weighted by atomic mass is 10.2. The van der Waals surface area contributed by atoms with Gasteiger partial charge in [0, 0.05) is 21.2 Å². The van der Waals surface area contributed by atoms with Crippen molar-refractivity contribution in [2.45, 2.75) is 50.2 Å². The molecule has 1 aromatic heterocycles. The molecule has 1 fully saturated rings. The van der Waals surface area contributed by atoms with Crippen LogP contribution in [-0.4, -0.2) is 16.6 Å². The highest BCUT2D eigenvalue weighted by Crippen LogP contribution is 2.34. The average Bonchev–Trinajstić information content (AvgIpc) is 3.28. The minimum Gasteiger partial charge on any atom is -0.321 e. The predicted octanol–water partition coefficient (Wildman–Crippen LogP) is 5.55. The van der Waals surface area contributed by atoms with Crippen molar-refractivity contribution in [2.24, 2.45) is 5.92 Å². The summed E-state index contributed by atoms with van der Waals surface area (Å²) in [6.45, 7) is 8.54. The van der Waals surface area contributed by atoms with E-state index in [2.05, 4.69) is 37.5 Å². The van der Waals surface area contributed by atoms with E-state index in [1.807, 2.05) is 19.1 Å². The van der Waals surface area contributed by atoms with Gasteiger partial charge in [-0.15, -0.1) is 23.1 Å². The maximum absolute atomic E-state index is 12.5. The van der Waals surface area contributed by atoms with E-state index >= 15 is 0 Å². The van der Waals surface area contributed by atoms with Crippen molar-refractivity contribution in [3.05, 3.63) is 40.8 Å². The third kappa shape index (κ3) is 5.11. The second-order valence-corrected chi connectivity index (χ2v) is 10.6. The van der Waals surface area contributed by atoms with E-state index in [-0.39, 0.29) is 22.5 Å². The molecule has 2 amide bonds. The third-order valence-corrected chi connectivity index (χ3v) is 6.00. The molecule has 4 nitrogen and oxygen atoms in total. The van der Waals surface area contributed by atoms with Crippen LogP contribution < -0.4 is 10.6 Å². The maximum Gasteiger partial charge on any atom is 0.265 e. The summed E-state index contributed by atoms with van der Waals surface area (Å²) in [7, 11) is 0. The first-order valence-electron chi connectivity index (χ1n) is 8.73. The number of carbonyl (C=O) groups is 2. The van der Waals surface area contributed by atoms with Crippen LogP contribution in [0.5, 0.6) is 0 Å². The zero-order chi connectivity index (χ0) is 18.9. The Balaban J connectivity index is 1.64. The molecule has 138 valence electrons. The van der Waals surface area contributed by atoms with Gasteiger partial charge in [0.25, 0.3) is 5.91 Å². The van der Waals surface area contributed by atoms with Crippen molar-refractivity contribution in [1.29, 1.82) is 0 Å². The minimum absolute atomic E-state index is 0.0570. The van der Waals surface area contributed by atoms with E-state index in [0.717, 1.165) is 29.1 Å². The SMILES string of the molecule is Cc1cc(SC(C)(C)C)ccc1NC(=O)c1ccc(NC(=O)C2CC2)s1. The summed E-state index contributed by atoms with van der Waals surface area (Å²) in [6, 6.07) is 9.62. The number of thiophene rings is 1. The van der Waals surface area contributed by atoms with Gasteiger partial charge in [-0.05, 0) is 55.7 Å². The van der Waals surface area contributed by atoms with Gasteiger partial charge < -0.3 is 10.6 Å². The van der Waals surface area contributed by atoms with Crippen LogP contribution in [0.15, 0.2) is 35.2 Å². The van der Waals surface area contributed by atoms with E-state index in [1.165, 1.54) is 16.2 Å². The van der Waals surface area contributed by atoms with Crippen molar-refractivity contribution in [3.8, 4) is 0 Å². The summed E-state index contributed by atoms with van der Waals surface area (Å²) < 4.78 is 0.148. The highest BCUT2D eigenvalue weighted by atomic mass is 32.2. The lowest BCUT2D eigenvalue weighted by Gasteiger charge is -2.18. The monoisotopic (exact) mass is 388 g/mol. The molecular weight excluding hydrogens is 364 g/mol. The van der Waals surface area contributed by atoms with Gasteiger partial charge >= 0.3 is 0 Å². The topological polar surface area (TPSA) is 58.2 Å². The van der Waals surface area contributed by atoms with Gasteiger partial charge in [-0.25, -0.2) is 0 Å². The summed E-state index contributed by atoms with van der Waals surface area (Å²) in [5, 5.41) is 6.57. The number of thioether (sulfide) groups is 1. The molecular formula is C20H24N2O2S2. The molecule has 6 heteroatoms. The smallest absolute Gasteiger partial charge is 0.265 e. The Kier molecular flexibility index (Phi) is 5.44. The molecule has 2 N–H and O–H groups in total. The van der Waals surface area contributed by atoms with E-state index in [4.69, 9.17) is 0 Å². The van der Waals surface area contributed by atoms with Gasteiger partial charge in [0.2, 0.25) is 5.91 Å². The summed E-state index contributed by atoms with van der Waals surface area (Å²) >= 11 is 3.11. The molecule has 0 spiro atoms. The molecule has 26 heavy (non-hydrogen) atoms. The number of hydrogen-bond donors (Lipinski definition) is 2. The normalized spacial score (nSPS) is 14.2. The fraction of sp³-hybridized carbons (Fsp3) is 0.400.